The summed E-state index contributed by atoms with van der Waals surface area (Å²) in [5.74, 6) is 0. The molecule has 0 aromatic rings. The van der Waals surface area contributed by atoms with Gasteiger partial charge in [-0.15, -0.1) is 11.8 Å². The Bertz CT molecular complexity index is 86.9. The third-order valence-electron chi connectivity index (χ3n) is 1.81. The molecule has 0 unspecified atom stereocenters. The summed E-state index contributed by atoms with van der Waals surface area (Å²) in [4.78, 5) is 0. The van der Waals surface area contributed by atoms with E-state index in [-0.39, 0.29) is 0 Å². The van der Waals surface area contributed by atoms with Crippen molar-refractivity contribution < 1.29 is 0 Å². The Kier molecular flexibility index (Phi) is 3.12. The van der Waals surface area contributed by atoms with Crippen molar-refractivity contribution in [1.29, 1.82) is 5.41 Å². The molecule has 1 aliphatic carbocycles. The summed E-state index contributed by atoms with van der Waals surface area (Å²) in [5.41, 5.74) is 1.48. The van der Waals surface area contributed by atoms with Crippen molar-refractivity contribution in [2.24, 2.45) is 0 Å². The van der Waals surface area contributed by atoms with Crippen LogP contribution in [0.5, 0.6) is 0 Å². The molecule has 52 valence electrons. The monoisotopic (exact) mass is 143 g/mol. The second-order valence-electron chi connectivity index (χ2n) is 2.51. The standard InChI is InChI=1S/C7H13NS/c8-6-9-7-4-2-1-3-5-7/h6-8H,1-5H2. The van der Waals surface area contributed by atoms with Crippen LogP contribution in [0.1, 0.15) is 32.1 Å². The third-order valence-corrected chi connectivity index (χ3v) is 2.81. The van der Waals surface area contributed by atoms with Gasteiger partial charge in [-0.05, 0) is 12.8 Å². The van der Waals surface area contributed by atoms with Crippen LogP contribution in [0.2, 0.25) is 0 Å². The fraction of sp³-hybridized carbons (Fsp3) is 0.857. The van der Waals surface area contributed by atoms with Gasteiger partial charge >= 0.3 is 0 Å². The van der Waals surface area contributed by atoms with E-state index in [0.717, 1.165) is 5.25 Å². The average Bonchev–Trinajstić information content (AvgIpc) is 1.91. The summed E-state index contributed by atoms with van der Waals surface area (Å²) in [6, 6.07) is 0. The van der Waals surface area contributed by atoms with Gasteiger partial charge in [0.15, 0.2) is 0 Å². The Morgan fingerprint density at radius 1 is 1.22 bits per heavy atom. The van der Waals surface area contributed by atoms with E-state index in [2.05, 4.69) is 0 Å². The predicted molar refractivity (Wildman–Crippen MR) is 43.2 cm³/mol. The zero-order valence-electron chi connectivity index (χ0n) is 5.60. The Balaban J connectivity index is 2.15. The van der Waals surface area contributed by atoms with E-state index in [1.807, 2.05) is 0 Å². The van der Waals surface area contributed by atoms with Crippen LogP contribution in [-0.4, -0.2) is 10.8 Å². The van der Waals surface area contributed by atoms with Crippen molar-refractivity contribution in [3.8, 4) is 0 Å². The fourth-order valence-corrected chi connectivity index (χ4v) is 2.10. The molecule has 1 aliphatic rings. The molecule has 1 N–H and O–H groups in total. The van der Waals surface area contributed by atoms with Crippen molar-refractivity contribution in [2.75, 3.05) is 0 Å². The topological polar surface area (TPSA) is 23.9 Å². The zero-order chi connectivity index (χ0) is 6.53. The van der Waals surface area contributed by atoms with E-state index in [9.17, 15) is 0 Å². The van der Waals surface area contributed by atoms with Crippen molar-refractivity contribution in [3.05, 3.63) is 0 Å². The van der Waals surface area contributed by atoms with Crippen molar-refractivity contribution in [2.45, 2.75) is 37.4 Å². The molecule has 0 spiro atoms. The van der Waals surface area contributed by atoms with Crippen molar-refractivity contribution in [1.82, 2.24) is 0 Å². The zero-order valence-corrected chi connectivity index (χ0v) is 6.41. The lowest BCUT2D eigenvalue weighted by Gasteiger charge is -2.18. The largest absolute Gasteiger partial charge is 0.302 e. The van der Waals surface area contributed by atoms with Crippen LogP contribution in [-0.2, 0) is 0 Å². The summed E-state index contributed by atoms with van der Waals surface area (Å²) in [6.07, 6.45) is 6.84. The van der Waals surface area contributed by atoms with Gasteiger partial charge in [-0.3, -0.25) is 0 Å². The highest BCUT2D eigenvalue weighted by Gasteiger charge is 2.11. The molecular weight excluding hydrogens is 130 g/mol. The highest BCUT2D eigenvalue weighted by atomic mass is 32.2. The molecule has 9 heavy (non-hydrogen) atoms. The van der Waals surface area contributed by atoms with Gasteiger partial charge in [-0.25, -0.2) is 0 Å². The molecule has 0 saturated heterocycles. The van der Waals surface area contributed by atoms with Gasteiger partial charge in [0.25, 0.3) is 0 Å². The van der Waals surface area contributed by atoms with Crippen LogP contribution in [0, 0.1) is 5.41 Å². The highest BCUT2D eigenvalue weighted by molar-refractivity contribution is 8.12. The summed E-state index contributed by atoms with van der Waals surface area (Å²) in [6.45, 7) is 0. The Morgan fingerprint density at radius 3 is 2.44 bits per heavy atom. The van der Waals surface area contributed by atoms with Gasteiger partial charge in [-0.1, -0.05) is 19.3 Å². The second-order valence-corrected chi connectivity index (χ2v) is 3.69. The molecule has 0 heterocycles. The SMILES string of the molecule is N=CSC1CCCCC1. The van der Waals surface area contributed by atoms with Gasteiger partial charge in [0, 0.05) is 5.25 Å². The summed E-state index contributed by atoms with van der Waals surface area (Å²) >= 11 is 1.69. The molecule has 1 nitrogen and oxygen atoms in total. The number of rotatable bonds is 2. The Labute approximate surface area is 60.7 Å². The Hall–Kier alpha value is 0.0200. The molecule has 0 aromatic heterocycles. The first kappa shape index (κ1) is 7.13. The van der Waals surface area contributed by atoms with E-state index >= 15 is 0 Å². The van der Waals surface area contributed by atoms with Crippen LogP contribution < -0.4 is 0 Å². The van der Waals surface area contributed by atoms with E-state index in [1.165, 1.54) is 37.7 Å². The van der Waals surface area contributed by atoms with Crippen molar-refractivity contribution >= 4 is 17.3 Å². The van der Waals surface area contributed by atoms with E-state index in [1.54, 1.807) is 11.8 Å². The lowest BCUT2D eigenvalue weighted by Crippen LogP contribution is -2.07. The predicted octanol–water partition coefficient (Wildman–Crippen LogP) is 2.66. The molecular formula is C7H13NS. The van der Waals surface area contributed by atoms with Crippen LogP contribution in [0.15, 0.2) is 0 Å². The molecule has 0 amide bonds. The van der Waals surface area contributed by atoms with Gasteiger partial charge in [0.2, 0.25) is 0 Å². The van der Waals surface area contributed by atoms with Gasteiger partial charge < -0.3 is 5.41 Å². The first-order chi connectivity index (χ1) is 4.43. The number of hydrogen-bond acceptors (Lipinski definition) is 2. The van der Waals surface area contributed by atoms with Crippen LogP contribution >= 0.6 is 11.8 Å². The van der Waals surface area contributed by atoms with Crippen LogP contribution in [0.25, 0.3) is 0 Å². The van der Waals surface area contributed by atoms with E-state index in [4.69, 9.17) is 5.41 Å². The smallest absolute Gasteiger partial charge is 0.0509 e. The first-order valence-electron chi connectivity index (χ1n) is 3.58. The maximum absolute atomic E-state index is 6.88. The lowest BCUT2D eigenvalue weighted by molar-refractivity contribution is 0.517. The van der Waals surface area contributed by atoms with E-state index in [0.29, 0.717) is 0 Å². The molecule has 0 aromatic carbocycles. The maximum atomic E-state index is 6.88. The second kappa shape index (κ2) is 3.94. The molecule has 1 fully saturated rings. The number of thioether (sulfide) groups is 1. The normalized spacial score (nSPS) is 21.8. The van der Waals surface area contributed by atoms with E-state index < -0.39 is 0 Å². The van der Waals surface area contributed by atoms with Gasteiger partial charge in [0.05, 0.1) is 5.55 Å². The van der Waals surface area contributed by atoms with Crippen LogP contribution in [0.4, 0.5) is 0 Å². The third kappa shape index (κ3) is 2.39. The summed E-state index contributed by atoms with van der Waals surface area (Å²) in [5, 5.41) is 7.65. The first-order valence-corrected chi connectivity index (χ1v) is 4.52. The van der Waals surface area contributed by atoms with Gasteiger partial charge in [0.1, 0.15) is 0 Å². The minimum atomic E-state index is 0.774. The van der Waals surface area contributed by atoms with Gasteiger partial charge in [-0.2, -0.15) is 0 Å². The molecule has 0 bridgehead atoms. The lowest BCUT2D eigenvalue weighted by atomic mass is 10.0. The molecule has 1 rings (SSSR count). The quantitative estimate of drug-likeness (QED) is 0.466. The number of hydrogen-bond donors (Lipinski definition) is 1. The molecule has 1 saturated carbocycles. The fourth-order valence-electron chi connectivity index (χ4n) is 1.30. The molecule has 0 aliphatic heterocycles. The minimum Gasteiger partial charge on any atom is -0.302 e. The van der Waals surface area contributed by atoms with Crippen molar-refractivity contribution in [3.63, 3.8) is 0 Å². The molecule has 2 heteroatoms. The highest BCUT2D eigenvalue weighted by Crippen LogP contribution is 2.26. The molecule has 0 atom stereocenters. The summed E-state index contributed by atoms with van der Waals surface area (Å²) in [7, 11) is 0. The Morgan fingerprint density at radius 2 is 1.89 bits per heavy atom. The average molecular weight is 143 g/mol. The summed E-state index contributed by atoms with van der Waals surface area (Å²) < 4.78 is 0. The maximum Gasteiger partial charge on any atom is 0.0509 e. The number of nitrogens with one attached hydrogen (secondary N) is 1. The van der Waals surface area contributed by atoms with Crippen LogP contribution in [0.3, 0.4) is 0 Å². The minimum absolute atomic E-state index is 0.774. The molecule has 0 radical (unpaired) electrons.